The SMILES string of the molecule is Cl.NC1C2CCCC1CC(C(=O)Nc1cccc(Cl)c1O)C2. The Labute approximate surface area is 141 Å². The van der Waals surface area contributed by atoms with Crippen molar-refractivity contribution in [3.05, 3.63) is 23.2 Å². The molecule has 4 nitrogen and oxygen atoms in total. The lowest BCUT2D eigenvalue weighted by atomic mass is 9.65. The second kappa shape index (κ2) is 7.07. The van der Waals surface area contributed by atoms with Crippen molar-refractivity contribution in [3.63, 3.8) is 0 Å². The molecule has 2 atom stereocenters. The Morgan fingerprint density at radius 3 is 2.55 bits per heavy atom. The van der Waals surface area contributed by atoms with E-state index in [1.54, 1.807) is 18.2 Å². The molecule has 1 aromatic carbocycles. The predicted octanol–water partition coefficient (Wildman–Crippen LogP) is 3.56. The van der Waals surface area contributed by atoms with Gasteiger partial charge in [-0.25, -0.2) is 0 Å². The molecule has 0 aliphatic heterocycles. The Balaban J connectivity index is 0.00000176. The number of hydrogen-bond acceptors (Lipinski definition) is 3. The Kier molecular flexibility index (Phi) is 5.59. The summed E-state index contributed by atoms with van der Waals surface area (Å²) in [6.45, 7) is 0. The summed E-state index contributed by atoms with van der Waals surface area (Å²) < 4.78 is 0. The molecule has 0 aromatic heterocycles. The van der Waals surface area contributed by atoms with E-state index >= 15 is 0 Å². The number of hydrogen-bond donors (Lipinski definition) is 3. The van der Waals surface area contributed by atoms with Gasteiger partial charge >= 0.3 is 0 Å². The van der Waals surface area contributed by atoms with Gasteiger partial charge in [-0.05, 0) is 49.7 Å². The summed E-state index contributed by atoms with van der Waals surface area (Å²) in [6, 6.07) is 5.22. The number of amides is 1. The number of rotatable bonds is 2. The Bertz CT molecular complexity index is 539. The van der Waals surface area contributed by atoms with Crippen LogP contribution in [0.15, 0.2) is 18.2 Å². The molecule has 2 aliphatic carbocycles. The molecule has 2 saturated carbocycles. The molecule has 22 heavy (non-hydrogen) atoms. The zero-order valence-electron chi connectivity index (χ0n) is 12.3. The molecule has 0 radical (unpaired) electrons. The van der Waals surface area contributed by atoms with E-state index in [1.165, 1.54) is 6.42 Å². The predicted molar refractivity (Wildman–Crippen MR) is 90.5 cm³/mol. The van der Waals surface area contributed by atoms with E-state index in [9.17, 15) is 9.90 Å². The highest BCUT2D eigenvalue weighted by molar-refractivity contribution is 6.32. The van der Waals surface area contributed by atoms with Crippen LogP contribution in [-0.4, -0.2) is 17.1 Å². The first-order valence-electron chi connectivity index (χ1n) is 7.60. The number of phenolic OH excluding ortho intramolecular Hbond substituents is 1. The van der Waals surface area contributed by atoms with Gasteiger partial charge in [0.05, 0.1) is 10.7 Å². The number of benzene rings is 1. The van der Waals surface area contributed by atoms with Crippen LogP contribution in [0.4, 0.5) is 5.69 Å². The lowest BCUT2D eigenvalue weighted by molar-refractivity contribution is -0.122. The molecule has 1 aromatic rings. The monoisotopic (exact) mass is 344 g/mol. The van der Waals surface area contributed by atoms with Crippen molar-refractivity contribution in [3.8, 4) is 5.75 Å². The molecule has 2 fully saturated rings. The molecule has 0 saturated heterocycles. The number of para-hydroxylation sites is 1. The van der Waals surface area contributed by atoms with Crippen molar-refractivity contribution in [1.82, 2.24) is 0 Å². The van der Waals surface area contributed by atoms with Crippen molar-refractivity contribution in [1.29, 1.82) is 0 Å². The maximum absolute atomic E-state index is 12.5. The fourth-order valence-electron chi connectivity index (χ4n) is 3.85. The number of halogens is 2. The number of fused-ring (bicyclic) bond motifs is 2. The van der Waals surface area contributed by atoms with E-state index in [-0.39, 0.29) is 41.0 Å². The summed E-state index contributed by atoms with van der Waals surface area (Å²) in [5.41, 5.74) is 6.64. The van der Waals surface area contributed by atoms with E-state index in [1.807, 2.05) is 0 Å². The van der Waals surface area contributed by atoms with Gasteiger partial charge < -0.3 is 16.2 Å². The van der Waals surface area contributed by atoms with E-state index in [2.05, 4.69) is 5.32 Å². The number of phenols is 1. The van der Waals surface area contributed by atoms with Gasteiger partial charge in [-0.15, -0.1) is 12.4 Å². The third-order valence-corrected chi connectivity index (χ3v) is 5.33. The number of nitrogens with one attached hydrogen (secondary N) is 1. The van der Waals surface area contributed by atoms with Crippen LogP contribution in [0.2, 0.25) is 5.02 Å². The average molecular weight is 345 g/mol. The van der Waals surface area contributed by atoms with Gasteiger partial charge in [0.2, 0.25) is 5.91 Å². The lowest BCUT2D eigenvalue weighted by Crippen LogP contribution is -2.48. The summed E-state index contributed by atoms with van der Waals surface area (Å²) in [5.74, 6) is 0.803. The first-order chi connectivity index (χ1) is 10.1. The summed E-state index contributed by atoms with van der Waals surface area (Å²) in [7, 11) is 0. The Morgan fingerprint density at radius 1 is 1.27 bits per heavy atom. The first-order valence-corrected chi connectivity index (χ1v) is 7.98. The van der Waals surface area contributed by atoms with E-state index in [0.717, 1.165) is 25.7 Å². The average Bonchev–Trinajstić information content (AvgIpc) is 2.43. The zero-order chi connectivity index (χ0) is 15.0. The molecule has 2 aliphatic rings. The molecule has 4 N–H and O–H groups in total. The van der Waals surface area contributed by atoms with Crippen LogP contribution in [-0.2, 0) is 4.79 Å². The Morgan fingerprint density at radius 2 is 1.91 bits per heavy atom. The van der Waals surface area contributed by atoms with Gasteiger partial charge in [0, 0.05) is 12.0 Å². The van der Waals surface area contributed by atoms with Gasteiger partial charge in [0.25, 0.3) is 0 Å². The zero-order valence-corrected chi connectivity index (χ0v) is 13.9. The molecule has 1 amide bonds. The summed E-state index contributed by atoms with van der Waals surface area (Å²) in [6.07, 6.45) is 5.19. The van der Waals surface area contributed by atoms with Crippen LogP contribution >= 0.6 is 24.0 Å². The van der Waals surface area contributed by atoms with Crippen LogP contribution in [0.1, 0.15) is 32.1 Å². The molecule has 2 bridgehead atoms. The van der Waals surface area contributed by atoms with Crippen LogP contribution in [0.3, 0.4) is 0 Å². The quantitative estimate of drug-likeness (QED) is 0.718. The second-order valence-corrected chi connectivity index (χ2v) is 6.73. The highest BCUT2D eigenvalue weighted by Gasteiger charge is 2.40. The highest BCUT2D eigenvalue weighted by atomic mass is 35.5. The van der Waals surface area contributed by atoms with Crippen molar-refractivity contribution in [2.75, 3.05) is 5.32 Å². The third kappa shape index (κ3) is 3.34. The molecular formula is C16H22Cl2N2O2. The second-order valence-electron chi connectivity index (χ2n) is 6.32. The molecule has 3 rings (SSSR count). The van der Waals surface area contributed by atoms with Gasteiger partial charge in [-0.1, -0.05) is 24.1 Å². The lowest BCUT2D eigenvalue weighted by Gasteiger charge is -2.43. The normalized spacial score (nSPS) is 30.3. The van der Waals surface area contributed by atoms with Gasteiger partial charge in [0.1, 0.15) is 0 Å². The molecular weight excluding hydrogens is 323 g/mol. The number of anilines is 1. The molecule has 0 spiro atoms. The van der Waals surface area contributed by atoms with E-state index in [0.29, 0.717) is 17.5 Å². The number of nitrogens with two attached hydrogens (primary N) is 1. The highest BCUT2D eigenvalue weighted by Crippen LogP contribution is 2.42. The minimum Gasteiger partial charge on any atom is -0.504 e. The minimum atomic E-state index is -0.0692. The van der Waals surface area contributed by atoms with E-state index < -0.39 is 0 Å². The van der Waals surface area contributed by atoms with Crippen molar-refractivity contribution in [2.24, 2.45) is 23.5 Å². The Hall–Kier alpha value is -0.970. The van der Waals surface area contributed by atoms with Gasteiger partial charge in [-0.3, -0.25) is 4.79 Å². The van der Waals surface area contributed by atoms with Crippen LogP contribution in [0.5, 0.6) is 5.75 Å². The fraction of sp³-hybridized carbons (Fsp3) is 0.562. The number of carbonyl (C=O) groups excluding carboxylic acids is 1. The van der Waals surface area contributed by atoms with Crippen molar-refractivity contribution >= 4 is 35.6 Å². The van der Waals surface area contributed by atoms with Crippen molar-refractivity contribution < 1.29 is 9.90 Å². The smallest absolute Gasteiger partial charge is 0.227 e. The topological polar surface area (TPSA) is 75.4 Å². The standard InChI is InChI=1S/C16H21ClN2O2.ClH/c17-12-5-2-6-13(15(12)20)19-16(21)11-7-9-3-1-4-10(8-11)14(9)18;/h2,5-6,9-11,14,20H,1,3-4,7-8,18H2,(H,19,21);1H. The molecule has 122 valence electrons. The maximum Gasteiger partial charge on any atom is 0.227 e. The van der Waals surface area contributed by atoms with Gasteiger partial charge in [-0.2, -0.15) is 0 Å². The maximum atomic E-state index is 12.5. The third-order valence-electron chi connectivity index (χ3n) is 5.03. The van der Waals surface area contributed by atoms with Crippen LogP contribution < -0.4 is 11.1 Å². The largest absolute Gasteiger partial charge is 0.504 e. The summed E-state index contributed by atoms with van der Waals surface area (Å²) in [4.78, 5) is 12.5. The fourth-order valence-corrected chi connectivity index (χ4v) is 4.03. The van der Waals surface area contributed by atoms with Crippen LogP contribution in [0.25, 0.3) is 0 Å². The molecule has 6 heteroatoms. The summed E-state index contributed by atoms with van der Waals surface area (Å²) >= 11 is 5.86. The first kappa shape index (κ1) is 17.4. The van der Waals surface area contributed by atoms with Crippen LogP contribution in [0, 0.1) is 17.8 Å². The molecule has 2 unspecified atom stereocenters. The van der Waals surface area contributed by atoms with E-state index in [4.69, 9.17) is 17.3 Å². The summed E-state index contributed by atoms with van der Waals surface area (Å²) in [5, 5.41) is 12.9. The number of aromatic hydroxyl groups is 1. The number of carbonyl (C=O) groups is 1. The van der Waals surface area contributed by atoms with Crippen molar-refractivity contribution in [2.45, 2.75) is 38.1 Å². The van der Waals surface area contributed by atoms with Gasteiger partial charge in [0.15, 0.2) is 5.75 Å². The minimum absolute atomic E-state index is 0. The molecule has 0 heterocycles.